The Bertz CT molecular complexity index is 860. The van der Waals surface area contributed by atoms with E-state index >= 15 is 0 Å². The highest BCUT2D eigenvalue weighted by atomic mass is 16.5. The van der Waals surface area contributed by atoms with Crippen molar-refractivity contribution < 1.29 is 9.53 Å². The molecule has 28 heavy (non-hydrogen) atoms. The van der Waals surface area contributed by atoms with Crippen LogP contribution in [0.1, 0.15) is 54.0 Å². The number of amides is 1. The number of nitrogens with two attached hydrogens (primary N) is 1. The number of ether oxygens (including phenoxy) is 1. The van der Waals surface area contributed by atoms with E-state index in [1.54, 1.807) is 6.07 Å². The van der Waals surface area contributed by atoms with Gasteiger partial charge < -0.3 is 10.5 Å². The molecule has 8 nitrogen and oxygen atoms in total. The average Bonchev–Trinajstić information content (AvgIpc) is 3.26. The Hall–Kier alpha value is -2.19. The normalized spacial score (nSPS) is 22.1. The molecule has 2 aromatic rings. The van der Waals surface area contributed by atoms with Gasteiger partial charge in [-0.05, 0) is 43.7 Å². The van der Waals surface area contributed by atoms with E-state index in [0.29, 0.717) is 18.8 Å². The number of hydrogen-bond acceptors (Lipinski definition) is 5. The second kappa shape index (κ2) is 7.00. The zero-order valence-corrected chi connectivity index (χ0v) is 16.2. The van der Waals surface area contributed by atoms with Crippen LogP contribution in [-0.4, -0.2) is 49.1 Å². The van der Waals surface area contributed by atoms with Gasteiger partial charge in [-0.2, -0.15) is 10.2 Å². The molecule has 0 radical (unpaired) electrons. The average molecular weight is 384 g/mol. The molecule has 4 heterocycles. The van der Waals surface area contributed by atoms with Crippen LogP contribution in [0.2, 0.25) is 0 Å². The summed E-state index contributed by atoms with van der Waals surface area (Å²) in [5.41, 5.74) is 7.75. The van der Waals surface area contributed by atoms with Crippen molar-refractivity contribution in [3.63, 3.8) is 0 Å². The van der Waals surface area contributed by atoms with Crippen LogP contribution in [0.15, 0.2) is 18.3 Å². The van der Waals surface area contributed by atoms with Gasteiger partial charge in [-0.15, -0.1) is 0 Å². The fourth-order valence-electron chi connectivity index (χ4n) is 4.60. The van der Waals surface area contributed by atoms with Crippen LogP contribution in [-0.2, 0) is 31.0 Å². The van der Waals surface area contributed by atoms with E-state index in [9.17, 15) is 4.79 Å². The summed E-state index contributed by atoms with van der Waals surface area (Å²) in [6.07, 6.45) is 7.92. The minimum absolute atomic E-state index is 0.184. The van der Waals surface area contributed by atoms with E-state index in [0.717, 1.165) is 50.6 Å². The Labute approximate surface area is 164 Å². The molecular formula is C20H28N6O2. The van der Waals surface area contributed by atoms with Gasteiger partial charge in [0.25, 0.3) is 5.91 Å². The van der Waals surface area contributed by atoms with E-state index in [4.69, 9.17) is 10.5 Å². The summed E-state index contributed by atoms with van der Waals surface area (Å²) in [4.78, 5) is 13.9. The summed E-state index contributed by atoms with van der Waals surface area (Å²) in [7, 11) is 0. The molecule has 0 unspecified atom stereocenters. The lowest BCUT2D eigenvalue weighted by Gasteiger charge is -2.43. The van der Waals surface area contributed by atoms with Gasteiger partial charge in [0.05, 0.1) is 30.1 Å². The molecule has 0 atom stereocenters. The van der Waals surface area contributed by atoms with Gasteiger partial charge in [0, 0.05) is 32.4 Å². The minimum Gasteiger partial charge on any atom is -0.367 e. The molecule has 1 saturated carbocycles. The first-order valence-electron chi connectivity index (χ1n) is 10.3. The highest BCUT2D eigenvalue weighted by molar-refractivity contribution is 5.90. The van der Waals surface area contributed by atoms with Gasteiger partial charge in [-0.1, -0.05) is 6.42 Å². The number of carbonyl (C=O) groups excluding carboxylic acids is 1. The number of rotatable bonds is 5. The predicted molar refractivity (Wildman–Crippen MR) is 102 cm³/mol. The van der Waals surface area contributed by atoms with Crippen LogP contribution in [0.25, 0.3) is 0 Å². The third kappa shape index (κ3) is 3.35. The Morgan fingerprint density at radius 1 is 1.32 bits per heavy atom. The maximum absolute atomic E-state index is 11.4. The lowest BCUT2D eigenvalue weighted by molar-refractivity contribution is -0.124. The Balaban J connectivity index is 1.20. The number of piperidine rings is 1. The molecular weight excluding hydrogens is 356 g/mol. The number of hydrogen-bond donors (Lipinski definition) is 1. The summed E-state index contributed by atoms with van der Waals surface area (Å²) in [5, 5.41) is 8.91. The molecule has 2 fully saturated rings. The van der Waals surface area contributed by atoms with Gasteiger partial charge in [-0.25, -0.2) is 0 Å². The molecule has 5 rings (SSSR count). The molecule has 0 aromatic carbocycles. The van der Waals surface area contributed by atoms with E-state index in [1.165, 1.54) is 25.0 Å². The lowest BCUT2D eigenvalue weighted by Crippen LogP contribution is -2.50. The lowest BCUT2D eigenvalue weighted by atomic mass is 9.85. The van der Waals surface area contributed by atoms with E-state index in [1.807, 2.05) is 10.9 Å². The molecule has 1 aliphatic carbocycles. The fourth-order valence-corrected chi connectivity index (χ4v) is 4.60. The van der Waals surface area contributed by atoms with Crippen LogP contribution in [0.4, 0.5) is 0 Å². The van der Waals surface area contributed by atoms with Crippen LogP contribution < -0.4 is 5.73 Å². The van der Waals surface area contributed by atoms with Crippen molar-refractivity contribution in [1.29, 1.82) is 0 Å². The highest BCUT2D eigenvalue weighted by Gasteiger charge is 2.40. The molecule has 0 bridgehead atoms. The van der Waals surface area contributed by atoms with Crippen LogP contribution in [0.3, 0.4) is 0 Å². The molecule has 150 valence electrons. The van der Waals surface area contributed by atoms with E-state index in [-0.39, 0.29) is 5.60 Å². The maximum Gasteiger partial charge on any atom is 0.269 e. The van der Waals surface area contributed by atoms with E-state index in [2.05, 4.69) is 25.8 Å². The summed E-state index contributed by atoms with van der Waals surface area (Å²) in [6, 6.07) is 3.90. The van der Waals surface area contributed by atoms with Crippen LogP contribution in [0, 0.1) is 5.92 Å². The summed E-state index contributed by atoms with van der Waals surface area (Å²) in [6.45, 7) is 5.19. The zero-order chi connectivity index (χ0) is 19.1. The second-order valence-corrected chi connectivity index (χ2v) is 8.59. The first-order valence-corrected chi connectivity index (χ1v) is 10.3. The molecule has 1 amide bonds. The Kier molecular flexibility index (Phi) is 4.47. The first kappa shape index (κ1) is 17.9. The number of nitrogens with zero attached hydrogens (tertiary/aromatic N) is 5. The van der Waals surface area contributed by atoms with Gasteiger partial charge in [0.1, 0.15) is 5.69 Å². The molecule has 1 saturated heterocycles. The van der Waals surface area contributed by atoms with Crippen molar-refractivity contribution in [3.8, 4) is 0 Å². The van der Waals surface area contributed by atoms with Crippen molar-refractivity contribution in [2.75, 3.05) is 13.1 Å². The SMILES string of the molecule is NC(=O)c1cc2n(n1)CC1(CCN(Cc3ccnn3CC3CCC3)CC1)OC2. The maximum atomic E-state index is 11.4. The van der Waals surface area contributed by atoms with Crippen molar-refractivity contribution in [3.05, 3.63) is 35.4 Å². The smallest absolute Gasteiger partial charge is 0.269 e. The largest absolute Gasteiger partial charge is 0.367 e. The van der Waals surface area contributed by atoms with Crippen molar-refractivity contribution in [2.24, 2.45) is 11.7 Å². The monoisotopic (exact) mass is 384 g/mol. The van der Waals surface area contributed by atoms with Crippen LogP contribution in [0.5, 0.6) is 0 Å². The minimum atomic E-state index is -0.482. The number of primary amides is 1. The van der Waals surface area contributed by atoms with E-state index < -0.39 is 5.91 Å². The topological polar surface area (TPSA) is 91.2 Å². The highest BCUT2D eigenvalue weighted by Crippen LogP contribution is 2.34. The fraction of sp³-hybridized carbons (Fsp3) is 0.650. The third-order valence-electron chi connectivity index (χ3n) is 6.69. The van der Waals surface area contributed by atoms with Crippen molar-refractivity contribution in [2.45, 2.75) is 63.9 Å². The summed E-state index contributed by atoms with van der Waals surface area (Å²) >= 11 is 0. The van der Waals surface area contributed by atoms with Gasteiger partial charge >= 0.3 is 0 Å². The standard InChI is InChI=1S/C20H28N6O2/c21-19(27)18-10-17-13-28-20(14-26(17)23-18)5-8-24(9-6-20)12-16-4-7-22-25(16)11-15-2-1-3-15/h4,7,10,15H,1-3,5-6,8-9,11-14H2,(H2,21,27). The molecule has 2 aromatic heterocycles. The number of fused-ring (bicyclic) bond motifs is 1. The summed E-state index contributed by atoms with van der Waals surface area (Å²) in [5.74, 6) is 0.330. The Morgan fingerprint density at radius 2 is 2.14 bits per heavy atom. The Morgan fingerprint density at radius 3 is 2.86 bits per heavy atom. The molecule has 2 N–H and O–H groups in total. The second-order valence-electron chi connectivity index (χ2n) is 8.59. The summed E-state index contributed by atoms with van der Waals surface area (Å²) < 4.78 is 10.4. The van der Waals surface area contributed by atoms with Gasteiger partial charge in [0.2, 0.25) is 0 Å². The molecule has 3 aliphatic rings. The molecule has 2 aliphatic heterocycles. The van der Waals surface area contributed by atoms with Crippen LogP contribution >= 0.6 is 0 Å². The quantitative estimate of drug-likeness (QED) is 0.844. The zero-order valence-electron chi connectivity index (χ0n) is 16.2. The van der Waals surface area contributed by atoms with Gasteiger partial charge in [0.15, 0.2) is 0 Å². The first-order chi connectivity index (χ1) is 13.6. The molecule has 1 spiro atoms. The molecule has 8 heteroatoms. The van der Waals surface area contributed by atoms with Crippen molar-refractivity contribution >= 4 is 5.91 Å². The number of likely N-dealkylation sites (tertiary alicyclic amines) is 1. The predicted octanol–water partition coefficient (Wildman–Crippen LogP) is 1.54. The van der Waals surface area contributed by atoms with Crippen molar-refractivity contribution in [1.82, 2.24) is 24.5 Å². The number of aromatic nitrogens is 4. The van der Waals surface area contributed by atoms with Gasteiger partial charge in [-0.3, -0.25) is 19.1 Å². The number of carbonyl (C=O) groups is 1. The third-order valence-corrected chi connectivity index (χ3v) is 6.69.